The SMILES string of the molecule is COc1ccc2ccc(OC(=O)c3ccc(F)cc3F)cc2c1. The molecule has 3 aromatic carbocycles. The van der Waals surface area contributed by atoms with Crippen LogP contribution in [0.15, 0.2) is 54.6 Å². The summed E-state index contributed by atoms with van der Waals surface area (Å²) in [5, 5.41) is 1.76. The number of benzene rings is 3. The molecule has 0 aliphatic carbocycles. The Morgan fingerprint density at radius 3 is 2.26 bits per heavy atom. The standard InChI is InChI=1S/C18H12F2O3/c1-22-14-5-2-11-3-6-15(9-12(11)8-14)23-18(21)16-7-4-13(19)10-17(16)20/h2-10H,1H3. The van der Waals surface area contributed by atoms with Crippen LogP contribution < -0.4 is 9.47 Å². The fraction of sp³-hybridized carbons (Fsp3) is 0.0556. The van der Waals surface area contributed by atoms with E-state index in [1.54, 1.807) is 31.4 Å². The first-order chi connectivity index (χ1) is 11.1. The van der Waals surface area contributed by atoms with Crippen molar-refractivity contribution in [1.82, 2.24) is 0 Å². The van der Waals surface area contributed by atoms with Gasteiger partial charge in [-0.15, -0.1) is 0 Å². The Bertz CT molecular complexity index is 891. The summed E-state index contributed by atoms with van der Waals surface area (Å²) in [6.07, 6.45) is 0. The number of esters is 1. The Hall–Kier alpha value is -2.95. The highest BCUT2D eigenvalue weighted by Crippen LogP contribution is 2.25. The third-order valence-electron chi connectivity index (χ3n) is 3.38. The summed E-state index contributed by atoms with van der Waals surface area (Å²) in [5.41, 5.74) is -0.322. The van der Waals surface area contributed by atoms with Gasteiger partial charge in [-0.2, -0.15) is 0 Å². The third kappa shape index (κ3) is 3.13. The van der Waals surface area contributed by atoms with E-state index in [9.17, 15) is 13.6 Å². The molecule has 23 heavy (non-hydrogen) atoms. The molecule has 0 aliphatic heterocycles. The summed E-state index contributed by atoms with van der Waals surface area (Å²) >= 11 is 0. The maximum absolute atomic E-state index is 13.6. The van der Waals surface area contributed by atoms with E-state index in [0.29, 0.717) is 11.8 Å². The highest BCUT2D eigenvalue weighted by atomic mass is 19.1. The monoisotopic (exact) mass is 314 g/mol. The first-order valence-electron chi connectivity index (χ1n) is 6.82. The molecule has 0 aromatic heterocycles. The summed E-state index contributed by atoms with van der Waals surface area (Å²) in [5.74, 6) is -1.66. The first-order valence-corrected chi connectivity index (χ1v) is 6.82. The molecule has 0 unspecified atom stereocenters. The van der Waals surface area contributed by atoms with Gasteiger partial charge in [-0.25, -0.2) is 13.6 Å². The van der Waals surface area contributed by atoms with Crippen LogP contribution >= 0.6 is 0 Å². The number of fused-ring (bicyclic) bond motifs is 1. The molecule has 0 radical (unpaired) electrons. The number of carbonyl (C=O) groups excluding carboxylic acids is 1. The number of methoxy groups -OCH3 is 1. The molecule has 0 N–H and O–H groups in total. The van der Waals surface area contributed by atoms with E-state index >= 15 is 0 Å². The van der Waals surface area contributed by atoms with Crippen LogP contribution in [0, 0.1) is 11.6 Å². The lowest BCUT2D eigenvalue weighted by Crippen LogP contribution is -2.10. The topological polar surface area (TPSA) is 35.5 Å². The van der Waals surface area contributed by atoms with Gasteiger partial charge in [0.25, 0.3) is 0 Å². The van der Waals surface area contributed by atoms with Crippen molar-refractivity contribution in [3.05, 3.63) is 71.8 Å². The summed E-state index contributed by atoms with van der Waals surface area (Å²) in [6.45, 7) is 0. The van der Waals surface area contributed by atoms with Crippen molar-refractivity contribution < 1.29 is 23.0 Å². The van der Waals surface area contributed by atoms with Crippen LogP contribution in [0.2, 0.25) is 0 Å². The van der Waals surface area contributed by atoms with Gasteiger partial charge in [-0.3, -0.25) is 0 Å². The van der Waals surface area contributed by atoms with E-state index in [2.05, 4.69) is 0 Å². The molecule has 0 amide bonds. The van der Waals surface area contributed by atoms with Crippen molar-refractivity contribution in [1.29, 1.82) is 0 Å². The number of rotatable bonds is 3. The molecular weight excluding hydrogens is 302 g/mol. The van der Waals surface area contributed by atoms with Crippen LogP contribution in [0.1, 0.15) is 10.4 Å². The zero-order chi connectivity index (χ0) is 16.4. The summed E-state index contributed by atoms with van der Waals surface area (Å²) < 4.78 is 36.8. The fourth-order valence-corrected chi connectivity index (χ4v) is 2.21. The predicted octanol–water partition coefficient (Wildman–Crippen LogP) is 4.35. The summed E-state index contributed by atoms with van der Waals surface area (Å²) in [6, 6.07) is 13.2. The average molecular weight is 314 g/mol. The van der Waals surface area contributed by atoms with Gasteiger partial charge in [-0.1, -0.05) is 12.1 Å². The van der Waals surface area contributed by atoms with Gasteiger partial charge in [-0.05, 0) is 47.2 Å². The Morgan fingerprint density at radius 2 is 1.57 bits per heavy atom. The lowest BCUT2D eigenvalue weighted by atomic mass is 10.1. The van der Waals surface area contributed by atoms with Crippen LogP contribution in [-0.2, 0) is 0 Å². The minimum atomic E-state index is -0.961. The van der Waals surface area contributed by atoms with E-state index in [1.165, 1.54) is 0 Å². The quantitative estimate of drug-likeness (QED) is 0.533. The smallest absolute Gasteiger partial charge is 0.346 e. The summed E-state index contributed by atoms with van der Waals surface area (Å²) in [7, 11) is 1.56. The molecule has 3 rings (SSSR count). The average Bonchev–Trinajstić information content (AvgIpc) is 2.54. The van der Waals surface area contributed by atoms with Crippen molar-refractivity contribution in [3.8, 4) is 11.5 Å². The van der Waals surface area contributed by atoms with E-state index in [0.717, 1.165) is 22.9 Å². The molecule has 5 heteroatoms. The van der Waals surface area contributed by atoms with Crippen LogP contribution in [-0.4, -0.2) is 13.1 Å². The molecule has 0 saturated heterocycles. The highest BCUT2D eigenvalue weighted by molar-refractivity contribution is 5.92. The minimum Gasteiger partial charge on any atom is -0.497 e. The molecule has 0 atom stereocenters. The largest absolute Gasteiger partial charge is 0.497 e. The molecule has 3 aromatic rings. The second-order valence-corrected chi connectivity index (χ2v) is 4.89. The molecule has 116 valence electrons. The lowest BCUT2D eigenvalue weighted by molar-refractivity contribution is 0.0730. The Kier molecular flexibility index (Phi) is 3.93. The second-order valence-electron chi connectivity index (χ2n) is 4.89. The van der Waals surface area contributed by atoms with Crippen molar-refractivity contribution >= 4 is 16.7 Å². The molecule has 0 spiro atoms. The number of hydrogen-bond donors (Lipinski definition) is 0. The van der Waals surface area contributed by atoms with Gasteiger partial charge < -0.3 is 9.47 Å². The van der Waals surface area contributed by atoms with Crippen LogP contribution in [0.25, 0.3) is 10.8 Å². The zero-order valence-electron chi connectivity index (χ0n) is 12.2. The molecule has 0 aliphatic rings. The number of halogens is 2. The van der Waals surface area contributed by atoms with Gasteiger partial charge in [0.1, 0.15) is 23.1 Å². The van der Waals surface area contributed by atoms with Crippen molar-refractivity contribution in [2.45, 2.75) is 0 Å². The van der Waals surface area contributed by atoms with Crippen LogP contribution in [0.5, 0.6) is 11.5 Å². The van der Waals surface area contributed by atoms with E-state index in [1.807, 2.05) is 12.1 Å². The van der Waals surface area contributed by atoms with Gasteiger partial charge in [0, 0.05) is 6.07 Å². The van der Waals surface area contributed by atoms with Crippen LogP contribution in [0.3, 0.4) is 0 Å². The first kappa shape index (κ1) is 15.0. The van der Waals surface area contributed by atoms with Gasteiger partial charge in [0.15, 0.2) is 0 Å². The van der Waals surface area contributed by atoms with Gasteiger partial charge >= 0.3 is 5.97 Å². The van der Waals surface area contributed by atoms with Gasteiger partial charge in [0.05, 0.1) is 12.7 Å². The van der Waals surface area contributed by atoms with E-state index in [4.69, 9.17) is 9.47 Å². The number of carbonyl (C=O) groups is 1. The molecule has 0 saturated carbocycles. The number of hydrogen-bond acceptors (Lipinski definition) is 3. The zero-order valence-corrected chi connectivity index (χ0v) is 12.2. The molecular formula is C18H12F2O3. The van der Waals surface area contributed by atoms with E-state index < -0.39 is 17.6 Å². The molecule has 3 nitrogen and oxygen atoms in total. The molecule has 0 bridgehead atoms. The maximum Gasteiger partial charge on any atom is 0.346 e. The van der Waals surface area contributed by atoms with Crippen molar-refractivity contribution in [2.75, 3.05) is 7.11 Å². The third-order valence-corrected chi connectivity index (χ3v) is 3.38. The Balaban J connectivity index is 1.89. The minimum absolute atomic E-state index is 0.263. The van der Waals surface area contributed by atoms with Gasteiger partial charge in [0.2, 0.25) is 0 Å². The van der Waals surface area contributed by atoms with Crippen molar-refractivity contribution in [3.63, 3.8) is 0 Å². The number of ether oxygens (including phenoxy) is 2. The maximum atomic E-state index is 13.6. The summed E-state index contributed by atoms with van der Waals surface area (Å²) in [4.78, 5) is 12.0. The fourth-order valence-electron chi connectivity index (χ4n) is 2.21. The lowest BCUT2D eigenvalue weighted by Gasteiger charge is -2.07. The Morgan fingerprint density at radius 1 is 0.870 bits per heavy atom. The molecule has 0 fully saturated rings. The normalized spacial score (nSPS) is 10.6. The van der Waals surface area contributed by atoms with Crippen molar-refractivity contribution in [2.24, 2.45) is 0 Å². The highest BCUT2D eigenvalue weighted by Gasteiger charge is 2.15. The Labute approximate surface area is 131 Å². The molecule has 0 heterocycles. The second kappa shape index (κ2) is 6.04. The van der Waals surface area contributed by atoms with E-state index in [-0.39, 0.29) is 11.3 Å². The predicted molar refractivity (Wildman–Crippen MR) is 81.8 cm³/mol. The van der Waals surface area contributed by atoms with Crippen LogP contribution in [0.4, 0.5) is 8.78 Å².